The van der Waals surface area contributed by atoms with E-state index in [-0.39, 0.29) is 0 Å². The number of nitrogens with zero attached hydrogens (tertiary/aromatic N) is 2. The van der Waals surface area contributed by atoms with Gasteiger partial charge in [0.1, 0.15) is 5.82 Å². The Hall–Kier alpha value is -3.13. The molecule has 0 spiro atoms. The first-order valence-electron chi connectivity index (χ1n) is 8.91. The van der Waals surface area contributed by atoms with Crippen LogP contribution in [0.3, 0.4) is 0 Å². The van der Waals surface area contributed by atoms with Crippen LogP contribution < -0.4 is 0 Å². The van der Waals surface area contributed by atoms with Crippen LogP contribution in [0.4, 0.5) is 0 Å². The van der Waals surface area contributed by atoms with E-state index in [4.69, 9.17) is 0 Å². The van der Waals surface area contributed by atoms with Gasteiger partial charge in [0.15, 0.2) is 0 Å². The van der Waals surface area contributed by atoms with Gasteiger partial charge in [-0.3, -0.25) is 4.57 Å². The van der Waals surface area contributed by atoms with Gasteiger partial charge in [-0.2, -0.15) is 0 Å². The maximum Gasteiger partial charge on any atom is 0.144 e. The minimum Gasteiger partial charge on any atom is -0.299 e. The summed E-state index contributed by atoms with van der Waals surface area (Å²) < 4.78 is 2.20. The molecule has 3 aromatic carbocycles. The zero-order valence-corrected chi connectivity index (χ0v) is 15.4. The molecular weight excluding hydrogens is 316 g/mol. The topological polar surface area (TPSA) is 17.8 Å². The zero-order valence-electron chi connectivity index (χ0n) is 15.4. The second-order valence-corrected chi connectivity index (χ2v) is 6.81. The highest BCUT2D eigenvalue weighted by Gasteiger charge is 2.13. The molecule has 0 saturated heterocycles. The Labute approximate surface area is 154 Å². The molecule has 0 amide bonds. The number of rotatable bonds is 3. The first-order chi connectivity index (χ1) is 12.6. The molecule has 0 saturated carbocycles. The molecule has 0 aliphatic rings. The Morgan fingerprint density at radius 2 is 1.35 bits per heavy atom. The van der Waals surface area contributed by atoms with Crippen molar-refractivity contribution in [2.24, 2.45) is 0 Å². The molecule has 0 aliphatic heterocycles. The van der Waals surface area contributed by atoms with Crippen LogP contribution in [0, 0.1) is 20.8 Å². The third-order valence-electron chi connectivity index (χ3n) is 4.79. The van der Waals surface area contributed by atoms with Crippen LogP contribution in [-0.2, 0) is 0 Å². The molecule has 4 rings (SSSR count). The molecule has 0 bridgehead atoms. The molecule has 128 valence electrons. The molecule has 1 aromatic heterocycles. The number of imidazole rings is 1. The van der Waals surface area contributed by atoms with Gasteiger partial charge in [0, 0.05) is 18.0 Å². The molecule has 0 atom stereocenters. The molecule has 4 aromatic rings. The average Bonchev–Trinajstić information content (AvgIpc) is 3.12. The second-order valence-electron chi connectivity index (χ2n) is 6.81. The molecular formula is C24H22N2. The van der Waals surface area contributed by atoms with Crippen molar-refractivity contribution in [1.82, 2.24) is 9.55 Å². The molecule has 0 unspecified atom stereocenters. The minimum absolute atomic E-state index is 0.976. The highest BCUT2D eigenvalue weighted by molar-refractivity contribution is 5.70. The Morgan fingerprint density at radius 1 is 0.692 bits per heavy atom. The van der Waals surface area contributed by atoms with Gasteiger partial charge >= 0.3 is 0 Å². The van der Waals surface area contributed by atoms with Crippen LogP contribution >= 0.6 is 0 Å². The standard InChI is InChI=1S/C24H22N2/c1-17-9-11-21(12-10-17)24-25-13-14-26(24)23-18(2)15-22(16-19(23)3)20-7-5-4-6-8-20/h4-16H,1-3H3. The molecule has 1 heterocycles. The van der Waals surface area contributed by atoms with E-state index in [0.717, 1.165) is 11.4 Å². The fourth-order valence-electron chi connectivity index (χ4n) is 3.53. The fourth-order valence-corrected chi connectivity index (χ4v) is 3.53. The molecule has 0 N–H and O–H groups in total. The monoisotopic (exact) mass is 338 g/mol. The van der Waals surface area contributed by atoms with Crippen LogP contribution in [-0.4, -0.2) is 9.55 Å². The van der Waals surface area contributed by atoms with E-state index in [9.17, 15) is 0 Å². The molecule has 2 heteroatoms. The summed E-state index contributed by atoms with van der Waals surface area (Å²) in [7, 11) is 0. The molecule has 0 aliphatic carbocycles. The van der Waals surface area contributed by atoms with E-state index in [1.807, 2.05) is 12.4 Å². The van der Waals surface area contributed by atoms with Crippen LogP contribution in [0.25, 0.3) is 28.2 Å². The van der Waals surface area contributed by atoms with Gasteiger partial charge in [0.2, 0.25) is 0 Å². The van der Waals surface area contributed by atoms with Gasteiger partial charge in [-0.15, -0.1) is 0 Å². The second kappa shape index (κ2) is 6.64. The van der Waals surface area contributed by atoms with Crippen molar-refractivity contribution in [3.63, 3.8) is 0 Å². The lowest BCUT2D eigenvalue weighted by molar-refractivity contribution is 1.03. The van der Waals surface area contributed by atoms with Gasteiger partial charge in [0.05, 0.1) is 5.69 Å². The summed E-state index contributed by atoms with van der Waals surface area (Å²) in [6, 6.07) is 23.6. The number of aryl methyl sites for hydroxylation is 3. The minimum atomic E-state index is 0.976. The zero-order chi connectivity index (χ0) is 18.1. The van der Waals surface area contributed by atoms with Gasteiger partial charge < -0.3 is 0 Å². The summed E-state index contributed by atoms with van der Waals surface area (Å²) in [5.41, 5.74) is 8.58. The van der Waals surface area contributed by atoms with Gasteiger partial charge in [-0.1, -0.05) is 60.2 Å². The first kappa shape index (κ1) is 16.3. The summed E-state index contributed by atoms with van der Waals surface area (Å²) in [6.07, 6.45) is 3.92. The Morgan fingerprint density at radius 3 is 2.00 bits per heavy atom. The first-order valence-corrected chi connectivity index (χ1v) is 8.91. The summed E-state index contributed by atoms with van der Waals surface area (Å²) in [5.74, 6) is 0.976. The van der Waals surface area contributed by atoms with Crippen molar-refractivity contribution in [3.05, 3.63) is 95.8 Å². The van der Waals surface area contributed by atoms with Gasteiger partial charge in [-0.05, 0) is 55.2 Å². The van der Waals surface area contributed by atoms with Crippen molar-refractivity contribution in [3.8, 4) is 28.2 Å². The molecule has 0 fully saturated rings. The van der Waals surface area contributed by atoms with Crippen molar-refractivity contribution in [2.45, 2.75) is 20.8 Å². The smallest absolute Gasteiger partial charge is 0.144 e. The lowest BCUT2D eigenvalue weighted by Gasteiger charge is -2.16. The molecule has 0 radical (unpaired) electrons. The van der Waals surface area contributed by atoms with E-state index in [0.29, 0.717) is 0 Å². The van der Waals surface area contributed by atoms with E-state index < -0.39 is 0 Å². The number of benzene rings is 3. The van der Waals surface area contributed by atoms with Crippen LogP contribution in [0.2, 0.25) is 0 Å². The van der Waals surface area contributed by atoms with E-state index in [1.54, 1.807) is 0 Å². The van der Waals surface area contributed by atoms with Crippen LogP contribution in [0.1, 0.15) is 16.7 Å². The summed E-state index contributed by atoms with van der Waals surface area (Å²) in [6.45, 7) is 6.45. The predicted octanol–water partition coefficient (Wildman–Crippen LogP) is 6.13. The fraction of sp³-hybridized carbons (Fsp3) is 0.125. The average molecular weight is 338 g/mol. The number of hydrogen-bond donors (Lipinski definition) is 0. The predicted molar refractivity (Wildman–Crippen MR) is 109 cm³/mol. The van der Waals surface area contributed by atoms with E-state index >= 15 is 0 Å². The summed E-state index contributed by atoms with van der Waals surface area (Å²) in [5, 5.41) is 0. The largest absolute Gasteiger partial charge is 0.299 e. The highest BCUT2D eigenvalue weighted by atomic mass is 15.1. The Balaban J connectivity index is 1.83. The van der Waals surface area contributed by atoms with Crippen molar-refractivity contribution < 1.29 is 0 Å². The quantitative estimate of drug-likeness (QED) is 0.439. The molecule has 2 nitrogen and oxygen atoms in total. The highest BCUT2D eigenvalue weighted by Crippen LogP contribution is 2.30. The SMILES string of the molecule is Cc1ccc(-c2nccn2-c2c(C)cc(-c3ccccc3)cc2C)cc1. The third kappa shape index (κ3) is 2.95. The van der Waals surface area contributed by atoms with Crippen molar-refractivity contribution in [1.29, 1.82) is 0 Å². The number of aromatic nitrogens is 2. The van der Waals surface area contributed by atoms with E-state index in [2.05, 4.69) is 97.1 Å². The van der Waals surface area contributed by atoms with Gasteiger partial charge in [-0.25, -0.2) is 4.98 Å². The van der Waals surface area contributed by atoms with Crippen LogP contribution in [0.5, 0.6) is 0 Å². The van der Waals surface area contributed by atoms with Crippen molar-refractivity contribution in [2.75, 3.05) is 0 Å². The maximum absolute atomic E-state index is 4.62. The van der Waals surface area contributed by atoms with E-state index in [1.165, 1.54) is 33.5 Å². The summed E-state index contributed by atoms with van der Waals surface area (Å²) >= 11 is 0. The molecule has 26 heavy (non-hydrogen) atoms. The maximum atomic E-state index is 4.62. The van der Waals surface area contributed by atoms with Gasteiger partial charge in [0.25, 0.3) is 0 Å². The third-order valence-corrected chi connectivity index (χ3v) is 4.79. The number of hydrogen-bond acceptors (Lipinski definition) is 1. The summed E-state index contributed by atoms with van der Waals surface area (Å²) in [4.78, 5) is 4.62. The normalized spacial score (nSPS) is 10.9. The Kier molecular flexibility index (Phi) is 4.18. The Bertz CT molecular complexity index is 1020. The van der Waals surface area contributed by atoms with Crippen molar-refractivity contribution >= 4 is 0 Å². The lowest BCUT2D eigenvalue weighted by Crippen LogP contribution is -2.02. The van der Waals surface area contributed by atoms with Crippen LogP contribution in [0.15, 0.2) is 79.1 Å². The lowest BCUT2D eigenvalue weighted by atomic mass is 9.98.